The molecule has 1 aromatic carbocycles. The second kappa shape index (κ2) is 8.11. The Labute approximate surface area is 179 Å². The topological polar surface area (TPSA) is 41.3 Å². The standard InChI is InChI=1S/C21H19Cl2N3OS/c1-2-11-26-20(19(25-21(26)28)16-5-3-4-10-24-16)18-9-8-17(27-18)13-6-7-14(22)15(23)12-13/h3-10,12,19-20H,2,11H2,1H3,(H,25,28)/t19-,20+/m1/s1. The van der Waals surface area contributed by atoms with Crippen molar-refractivity contribution in [3.63, 3.8) is 0 Å². The van der Waals surface area contributed by atoms with Crippen LogP contribution in [-0.4, -0.2) is 21.5 Å². The number of aromatic nitrogens is 1. The smallest absolute Gasteiger partial charge is 0.170 e. The van der Waals surface area contributed by atoms with E-state index in [1.54, 1.807) is 12.3 Å². The van der Waals surface area contributed by atoms with Crippen molar-refractivity contribution in [2.75, 3.05) is 6.54 Å². The molecule has 2 atom stereocenters. The summed E-state index contributed by atoms with van der Waals surface area (Å²) in [4.78, 5) is 6.70. The molecular formula is C21H19Cl2N3OS. The highest BCUT2D eigenvalue weighted by Crippen LogP contribution is 2.40. The molecular weight excluding hydrogens is 413 g/mol. The second-order valence-electron chi connectivity index (χ2n) is 6.65. The van der Waals surface area contributed by atoms with Crippen molar-refractivity contribution in [3.05, 3.63) is 76.2 Å². The Kier molecular flexibility index (Phi) is 5.58. The summed E-state index contributed by atoms with van der Waals surface area (Å²) >= 11 is 17.8. The van der Waals surface area contributed by atoms with Gasteiger partial charge in [0.2, 0.25) is 0 Å². The zero-order chi connectivity index (χ0) is 19.7. The molecule has 0 amide bonds. The molecule has 1 aliphatic rings. The van der Waals surface area contributed by atoms with Gasteiger partial charge < -0.3 is 14.6 Å². The van der Waals surface area contributed by atoms with Gasteiger partial charge in [0.15, 0.2) is 5.11 Å². The van der Waals surface area contributed by atoms with E-state index in [0.717, 1.165) is 40.9 Å². The molecule has 0 bridgehead atoms. The lowest BCUT2D eigenvalue weighted by Gasteiger charge is -2.25. The van der Waals surface area contributed by atoms with Gasteiger partial charge >= 0.3 is 0 Å². The molecule has 0 spiro atoms. The van der Waals surface area contributed by atoms with Gasteiger partial charge in [-0.25, -0.2) is 0 Å². The van der Waals surface area contributed by atoms with Crippen molar-refractivity contribution < 1.29 is 4.42 Å². The summed E-state index contributed by atoms with van der Waals surface area (Å²) in [5.41, 5.74) is 1.81. The maximum absolute atomic E-state index is 6.25. The lowest BCUT2D eigenvalue weighted by Crippen LogP contribution is -2.30. The van der Waals surface area contributed by atoms with E-state index in [1.807, 2.05) is 42.5 Å². The molecule has 2 aromatic heterocycles. The molecule has 1 aliphatic heterocycles. The lowest BCUT2D eigenvalue weighted by molar-refractivity contribution is 0.275. The van der Waals surface area contributed by atoms with Crippen LogP contribution in [0, 0.1) is 0 Å². The minimum absolute atomic E-state index is 0.0705. The van der Waals surface area contributed by atoms with Crippen LogP contribution >= 0.6 is 35.4 Å². The zero-order valence-electron chi connectivity index (χ0n) is 15.2. The van der Waals surface area contributed by atoms with Crippen molar-refractivity contribution in [2.45, 2.75) is 25.4 Å². The van der Waals surface area contributed by atoms with E-state index in [9.17, 15) is 0 Å². The van der Waals surface area contributed by atoms with Gasteiger partial charge in [0.1, 0.15) is 17.6 Å². The first-order chi connectivity index (χ1) is 13.6. The van der Waals surface area contributed by atoms with Gasteiger partial charge in [-0.3, -0.25) is 4.98 Å². The summed E-state index contributed by atoms with van der Waals surface area (Å²) in [5, 5.41) is 5.15. The highest BCUT2D eigenvalue weighted by Gasteiger charge is 2.41. The highest BCUT2D eigenvalue weighted by atomic mass is 35.5. The van der Waals surface area contributed by atoms with E-state index in [4.69, 9.17) is 39.8 Å². The first-order valence-electron chi connectivity index (χ1n) is 9.11. The fourth-order valence-electron chi connectivity index (χ4n) is 3.51. The molecule has 1 N–H and O–H groups in total. The van der Waals surface area contributed by atoms with Crippen LogP contribution in [0.4, 0.5) is 0 Å². The molecule has 4 nitrogen and oxygen atoms in total. The largest absolute Gasteiger partial charge is 0.459 e. The molecule has 1 fully saturated rings. The molecule has 28 heavy (non-hydrogen) atoms. The third kappa shape index (κ3) is 3.62. The fraction of sp³-hybridized carbons (Fsp3) is 0.238. The molecule has 0 aliphatic carbocycles. The van der Waals surface area contributed by atoms with Crippen LogP contribution in [0.2, 0.25) is 10.0 Å². The number of nitrogens with one attached hydrogen (secondary N) is 1. The summed E-state index contributed by atoms with van der Waals surface area (Å²) < 4.78 is 6.25. The maximum Gasteiger partial charge on any atom is 0.170 e. The monoisotopic (exact) mass is 431 g/mol. The highest BCUT2D eigenvalue weighted by molar-refractivity contribution is 7.80. The van der Waals surface area contributed by atoms with Crippen LogP contribution in [0.5, 0.6) is 0 Å². The van der Waals surface area contributed by atoms with Crippen molar-refractivity contribution in [2.24, 2.45) is 0 Å². The number of nitrogens with zero attached hydrogens (tertiary/aromatic N) is 2. The average Bonchev–Trinajstić information content (AvgIpc) is 3.30. The number of hydrogen-bond donors (Lipinski definition) is 1. The number of pyridine rings is 1. The molecule has 0 unspecified atom stereocenters. The van der Waals surface area contributed by atoms with Crippen molar-refractivity contribution in [1.29, 1.82) is 0 Å². The molecule has 3 heterocycles. The summed E-state index contributed by atoms with van der Waals surface area (Å²) in [6.07, 6.45) is 2.77. The van der Waals surface area contributed by atoms with Crippen molar-refractivity contribution in [1.82, 2.24) is 15.2 Å². The number of rotatable bonds is 5. The predicted molar refractivity (Wildman–Crippen MR) is 117 cm³/mol. The van der Waals surface area contributed by atoms with Gasteiger partial charge in [-0.05, 0) is 61.1 Å². The zero-order valence-corrected chi connectivity index (χ0v) is 17.6. The van der Waals surface area contributed by atoms with E-state index in [2.05, 4.69) is 22.1 Å². The summed E-state index contributed by atoms with van der Waals surface area (Å²) in [5.74, 6) is 1.57. The van der Waals surface area contributed by atoms with Crippen LogP contribution in [0.15, 0.2) is 59.1 Å². The van der Waals surface area contributed by atoms with E-state index >= 15 is 0 Å². The summed E-state index contributed by atoms with van der Waals surface area (Å²) in [6, 6.07) is 15.2. The molecule has 144 valence electrons. The molecule has 4 rings (SSSR count). The van der Waals surface area contributed by atoms with Gasteiger partial charge in [0.25, 0.3) is 0 Å². The van der Waals surface area contributed by atoms with Crippen molar-refractivity contribution >= 4 is 40.5 Å². The Balaban J connectivity index is 1.72. The molecule has 3 aromatic rings. The number of thiocarbonyl (C=S) groups is 1. The van der Waals surface area contributed by atoms with Gasteiger partial charge in [-0.2, -0.15) is 0 Å². The summed E-state index contributed by atoms with van der Waals surface area (Å²) in [7, 11) is 0. The van der Waals surface area contributed by atoms with Gasteiger partial charge in [0.05, 0.1) is 21.8 Å². The van der Waals surface area contributed by atoms with Crippen molar-refractivity contribution in [3.8, 4) is 11.3 Å². The summed E-state index contributed by atoms with van der Waals surface area (Å²) in [6.45, 7) is 2.97. The second-order valence-corrected chi connectivity index (χ2v) is 7.85. The Morgan fingerprint density at radius 1 is 1.14 bits per heavy atom. The van der Waals surface area contributed by atoms with E-state index in [1.165, 1.54) is 0 Å². The minimum Gasteiger partial charge on any atom is -0.459 e. The Morgan fingerprint density at radius 3 is 2.71 bits per heavy atom. The first kappa shape index (κ1) is 19.2. The Morgan fingerprint density at radius 2 is 2.00 bits per heavy atom. The van der Waals surface area contributed by atoms with E-state index in [0.29, 0.717) is 10.0 Å². The third-order valence-corrected chi connectivity index (χ3v) is 5.88. The minimum atomic E-state index is -0.0759. The predicted octanol–water partition coefficient (Wildman–Crippen LogP) is 6.03. The maximum atomic E-state index is 6.25. The van der Waals surface area contributed by atoms with Crippen LogP contribution in [0.3, 0.4) is 0 Å². The Bertz CT molecular complexity index is 992. The average molecular weight is 432 g/mol. The quantitative estimate of drug-likeness (QED) is 0.499. The molecule has 0 saturated carbocycles. The fourth-order valence-corrected chi connectivity index (χ4v) is 4.14. The normalized spacial score (nSPS) is 19.1. The number of furan rings is 1. The van der Waals surface area contributed by atoms with Crippen LogP contribution in [0.1, 0.15) is 36.9 Å². The van der Waals surface area contributed by atoms with Crippen LogP contribution in [0.25, 0.3) is 11.3 Å². The first-order valence-corrected chi connectivity index (χ1v) is 10.3. The molecule has 1 saturated heterocycles. The van der Waals surface area contributed by atoms with E-state index in [-0.39, 0.29) is 12.1 Å². The lowest BCUT2D eigenvalue weighted by atomic mass is 10.0. The third-order valence-electron chi connectivity index (χ3n) is 4.78. The van der Waals surface area contributed by atoms with Gasteiger partial charge in [-0.1, -0.05) is 36.2 Å². The molecule has 0 radical (unpaired) electrons. The SMILES string of the molecule is CCCN1C(=S)N[C@H](c2ccccn2)[C@@H]1c1ccc(-c2ccc(Cl)c(Cl)c2)o1. The van der Waals surface area contributed by atoms with E-state index < -0.39 is 0 Å². The van der Waals surface area contributed by atoms with Gasteiger partial charge in [-0.15, -0.1) is 0 Å². The van der Waals surface area contributed by atoms with Gasteiger partial charge in [0, 0.05) is 18.3 Å². The number of hydrogen-bond acceptors (Lipinski definition) is 3. The Hall–Kier alpha value is -2.08. The van der Waals surface area contributed by atoms with Crippen LogP contribution in [-0.2, 0) is 0 Å². The van der Waals surface area contributed by atoms with Crippen LogP contribution < -0.4 is 5.32 Å². The number of halogens is 2. The molecule has 7 heteroatoms. The number of benzene rings is 1.